The Kier molecular flexibility index (Phi) is 8.67. The number of likely N-dealkylation sites (N-methyl/N-ethyl adjacent to an activating group) is 1. The number of nitrogens with zero attached hydrogens (tertiary/aromatic N) is 7. The van der Waals surface area contributed by atoms with E-state index >= 15 is 0 Å². The maximum atomic E-state index is 11.1. The highest BCUT2D eigenvalue weighted by Gasteiger charge is 2.22. The average molecular weight is 576 g/mol. The first-order valence-electron chi connectivity index (χ1n) is 15.3. The minimum absolute atomic E-state index is 0.466. The number of imidazole rings is 1. The second-order valence-corrected chi connectivity index (χ2v) is 11.6. The van der Waals surface area contributed by atoms with Gasteiger partial charge in [-0.3, -0.25) is 4.57 Å². The summed E-state index contributed by atoms with van der Waals surface area (Å²) >= 11 is 0. The SMILES string of the molecule is Cc1cccc(N2CCCN(CCC(O)CN(C)c3ncnc4c3nc(-c3ccccc3)n4-c3ccccc3)CC2)c1C. The Bertz CT molecular complexity index is 1650. The second kappa shape index (κ2) is 12.9. The number of rotatable bonds is 9. The third-order valence-electron chi connectivity index (χ3n) is 8.60. The van der Waals surface area contributed by atoms with Crippen molar-refractivity contribution in [3.05, 3.63) is 96.3 Å². The number of anilines is 2. The lowest BCUT2D eigenvalue weighted by Crippen LogP contribution is -2.35. The maximum Gasteiger partial charge on any atom is 0.170 e. The smallest absolute Gasteiger partial charge is 0.170 e. The largest absolute Gasteiger partial charge is 0.391 e. The van der Waals surface area contributed by atoms with E-state index in [2.05, 4.69) is 80.6 Å². The first-order chi connectivity index (χ1) is 21.0. The van der Waals surface area contributed by atoms with E-state index in [1.54, 1.807) is 6.33 Å². The van der Waals surface area contributed by atoms with Crippen LogP contribution in [0, 0.1) is 13.8 Å². The van der Waals surface area contributed by atoms with Crippen molar-refractivity contribution >= 4 is 22.7 Å². The molecular formula is C35H41N7O. The Morgan fingerprint density at radius 2 is 1.63 bits per heavy atom. The van der Waals surface area contributed by atoms with Crippen molar-refractivity contribution < 1.29 is 5.11 Å². The molecule has 1 unspecified atom stereocenters. The molecule has 3 heterocycles. The van der Waals surface area contributed by atoms with Gasteiger partial charge in [0.05, 0.1) is 6.10 Å². The number of hydrogen-bond acceptors (Lipinski definition) is 7. The summed E-state index contributed by atoms with van der Waals surface area (Å²) in [6.07, 6.45) is 2.93. The van der Waals surface area contributed by atoms with Crippen molar-refractivity contribution in [1.82, 2.24) is 24.4 Å². The molecule has 0 radical (unpaired) electrons. The molecule has 0 amide bonds. The lowest BCUT2D eigenvalue weighted by atomic mass is 10.1. The number of aryl methyl sites for hydroxylation is 1. The van der Waals surface area contributed by atoms with Gasteiger partial charge in [-0.25, -0.2) is 15.0 Å². The molecule has 8 heteroatoms. The van der Waals surface area contributed by atoms with Crippen molar-refractivity contribution in [3.8, 4) is 17.1 Å². The van der Waals surface area contributed by atoms with Crippen LogP contribution in [0.2, 0.25) is 0 Å². The van der Waals surface area contributed by atoms with E-state index in [4.69, 9.17) is 4.98 Å². The van der Waals surface area contributed by atoms with Crippen LogP contribution < -0.4 is 9.80 Å². The minimum Gasteiger partial charge on any atom is -0.391 e. The Morgan fingerprint density at radius 1 is 0.860 bits per heavy atom. The van der Waals surface area contributed by atoms with Crippen molar-refractivity contribution in [1.29, 1.82) is 0 Å². The normalized spacial score (nSPS) is 15.0. The lowest BCUT2D eigenvalue weighted by Gasteiger charge is -2.27. The summed E-state index contributed by atoms with van der Waals surface area (Å²) in [6.45, 7) is 9.87. The average Bonchev–Trinajstić information content (AvgIpc) is 3.27. The van der Waals surface area contributed by atoms with E-state index in [0.717, 1.165) is 73.2 Å². The summed E-state index contributed by atoms with van der Waals surface area (Å²) in [5, 5.41) is 11.1. The van der Waals surface area contributed by atoms with Crippen molar-refractivity contribution in [2.75, 3.05) is 56.1 Å². The molecule has 1 aliphatic rings. The fourth-order valence-corrected chi connectivity index (χ4v) is 6.10. The predicted molar refractivity (Wildman–Crippen MR) is 175 cm³/mol. The van der Waals surface area contributed by atoms with Crippen LogP contribution in [0.25, 0.3) is 28.2 Å². The fourth-order valence-electron chi connectivity index (χ4n) is 6.10. The molecule has 1 saturated heterocycles. The summed E-state index contributed by atoms with van der Waals surface area (Å²) in [6, 6.07) is 26.9. The molecule has 1 fully saturated rings. The monoisotopic (exact) mass is 575 g/mol. The number of benzene rings is 3. The molecule has 1 atom stereocenters. The highest BCUT2D eigenvalue weighted by Crippen LogP contribution is 2.31. The van der Waals surface area contributed by atoms with Gasteiger partial charge in [0.15, 0.2) is 17.0 Å². The molecule has 0 spiro atoms. The van der Waals surface area contributed by atoms with Crippen LogP contribution in [0.5, 0.6) is 0 Å². The third kappa shape index (κ3) is 6.26. The summed E-state index contributed by atoms with van der Waals surface area (Å²) in [7, 11) is 1.97. The highest BCUT2D eigenvalue weighted by atomic mass is 16.3. The van der Waals surface area contributed by atoms with Gasteiger partial charge in [-0.1, -0.05) is 60.7 Å². The fraction of sp³-hybridized carbons (Fsp3) is 0.343. The van der Waals surface area contributed by atoms with Gasteiger partial charge in [0.1, 0.15) is 12.2 Å². The van der Waals surface area contributed by atoms with Crippen LogP contribution in [0.4, 0.5) is 11.5 Å². The summed E-state index contributed by atoms with van der Waals surface area (Å²) in [5.74, 6) is 1.53. The van der Waals surface area contributed by atoms with E-state index in [-0.39, 0.29) is 0 Å². The van der Waals surface area contributed by atoms with E-state index in [1.807, 2.05) is 48.3 Å². The van der Waals surface area contributed by atoms with Crippen LogP contribution in [0.15, 0.2) is 85.2 Å². The van der Waals surface area contributed by atoms with Gasteiger partial charge < -0.3 is 19.8 Å². The number of fused-ring (bicyclic) bond motifs is 1. The van der Waals surface area contributed by atoms with Gasteiger partial charge >= 0.3 is 0 Å². The summed E-state index contributed by atoms with van der Waals surface area (Å²) in [4.78, 5) is 21.4. The van der Waals surface area contributed by atoms with Gasteiger partial charge in [0, 0.05) is 56.7 Å². The molecule has 2 aromatic heterocycles. The maximum absolute atomic E-state index is 11.1. The van der Waals surface area contributed by atoms with Crippen molar-refractivity contribution in [2.24, 2.45) is 0 Å². The molecule has 0 bridgehead atoms. The molecule has 0 saturated carbocycles. The second-order valence-electron chi connectivity index (χ2n) is 11.6. The molecular weight excluding hydrogens is 534 g/mol. The van der Waals surface area contributed by atoms with E-state index in [9.17, 15) is 5.11 Å². The number of aromatic nitrogens is 4. The molecule has 5 aromatic rings. The van der Waals surface area contributed by atoms with E-state index in [0.29, 0.717) is 13.0 Å². The van der Waals surface area contributed by atoms with Gasteiger partial charge in [-0.15, -0.1) is 0 Å². The number of hydrogen-bond donors (Lipinski definition) is 1. The Labute approximate surface area is 254 Å². The predicted octanol–water partition coefficient (Wildman–Crippen LogP) is 5.50. The number of para-hydroxylation sites is 1. The Balaban J connectivity index is 1.14. The van der Waals surface area contributed by atoms with E-state index in [1.165, 1.54) is 16.8 Å². The first-order valence-corrected chi connectivity index (χ1v) is 15.3. The Morgan fingerprint density at radius 3 is 2.42 bits per heavy atom. The van der Waals surface area contributed by atoms with E-state index < -0.39 is 6.10 Å². The van der Waals surface area contributed by atoms with Crippen LogP contribution in [-0.2, 0) is 0 Å². The molecule has 222 valence electrons. The summed E-state index contributed by atoms with van der Waals surface area (Å²) in [5.41, 5.74) is 7.53. The van der Waals surface area contributed by atoms with Gasteiger partial charge in [0.2, 0.25) is 0 Å². The molecule has 8 nitrogen and oxygen atoms in total. The molecule has 43 heavy (non-hydrogen) atoms. The topological polar surface area (TPSA) is 73.6 Å². The molecule has 1 aliphatic heterocycles. The van der Waals surface area contributed by atoms with Gasteiger partial charge in [-0.05, 0) is 62.6 Å². The standard InChI is InChI=1S/C35H41N7O/c1-26-12-10-17-31(27(26)2)41-20-11-19-40(22-23-41)21-18-30(43)24-39(3)34-32-35(37-25-36-34)42(29-15-8-5-9-16-29)33(38-32)28-13-6-4-7-14-28/h4-10,12-17,25,30,43H,11,18-24H2,1-3H3. The third-order valence-corrected chi connectivity index (χ3v) is 8.60. The van der Waals surface area contributed by atoms with Gasteiger partial charge in [-0.2, -0.15) is 0 Å². The molecule has 1 N–H and O–H groups in total. The zero-order chi connectivity index (χ0) is 29.8. The van der Waals surface area contributed by atoms with Crippen molar-refractivity contribution in [3.63, 3.8) is 0 Å². The number of aliphatic hydroxyl groups is 1. The minimum atomic E-state index is -0.488. The molecule has 6 rings (SSSR count). The zero-order valence-corrected chi connectivity index (χ0v) is 25.4. The lowest BCUT2D eigenvalue weighted by molar-refractivity contribution is 0.148. The van der Waals surface area contributed by atoms with Crippen LogP contribution >= 0.6 is 0 Å². The first kappa shape index (κ1) is 28.8. The van der Waals surface area contributed by atoms with Crippen LogP contribution in [0.3, 0.4) is 0 Å². The van der Waals surface area contributed by atoms with Crippen LogP contribution in [0.1, 0.15) is 24.0 Å². The molecule has 3 aromatic carbocycles. The van der Waals surface area contributed by atoms with Crippen LogP contribution in [-0.4, -0.2) is 81.9 Å². The van der Waals surface area contributed by atoms with Crippen molar-refractivity contribution in [2.45, 2.75) is 32.8 Å². The quantitative estimate of drug-likeness (QED) is 0.249. The molecule has 0 aliphatic carbocycles. The van der Waals surface area contributed by atoms with Gasteiger partial charge in [0.25, 0.3) is 0 Å². The number of aliphatic hydroxyl groups excluding tert-OH is 1. The summed E-state index contributed by atoms with van der Waals surface area (Å²) < 4.78 is 2.08. The Hall–Kier alpha value is -4.27. The zero-order valence-electron chi connectivity index (χ0n) is 25.4. The highest BCUT2D eigenvalue weighted by molar-refractivity contribution is 5.88.